The molecular weight excluding hydrogens is 288 g/mol. The predicted octanol–water partition coefficient (Wildman–Crippen LogP) is 3.32. The molecule has 2 aromatic carbocycles. The van der Waals surface area contributed by atoms with Gasteiger partial charge in [-0.2, -0.15) is 0 Å². The van der Waals surface area contributed by atoms with Crippen LogP contribution < -0.4 is 9.47 Å². The van der Waals surface area contributed by atoms with Crippen LogP contribution in [0.25, 0.3) is 11.1 Å². The quantitative estimate of drug-likeness (QED) is 0.530. The number of rotatable bonds is 5. The molecule has 112 valence electrons. The summed E-state index contributed by atoms with van der Waals surface area (Å²) in [5.74, 6) is 1.09. The number of benzene rings is 2. The highest BCUT2D eigenvalue weighted by atomic mass is 16.6. The lowest BCUT2D eigenvalue weighted by atomic mass is 10.3. The highest BCUT2D eigenvalue weighted by molar-refractivity contribution is 5.72. The van der Waals surface area contributed by atoms with Crippen molar-refractivity contribution in [1.29, 1.82) is 0 Å². The molecule has 0 bridgehead atoms. The Labute approximate surface area is 125 Å². The van der Waals surface area contributed by atoms with Gasteiger partial charge in [0, 0.05) is 6.07 Å². The second-order valence-corrected chi connectivity index (χ2v) is 4.46. The fraction of sp³-hybridized carbons (Fsp3) is 0.133. The molecule has 0 unspecified atom stereocenters. The Bertz CT molecular complexity index is 795. The number of hydrogen-bond acceptors (Lipinski definition) is 6. The number of non-ortho nitro benzene ring substituents is 1. The lowest BCUT2D eigenvalue weighted by molar-refractivity contribution is -0.385. The lowest BCUT2D eigenvalue weighted by Gasteiger charge is -2.08. The van der Waals surface area contributed by atoms with Gasteiger partial charge in [-0.25, -0.2) is 4.98 Å². The van der Waals surface area contributed by atoms with Crippen LogP contribution in [0.2, 0.25) is 0 Å². The Morgan fingerprint density at radius 3 is 2.77 bits per heavy atom. The van der Waals surface area contributed by atoms with E-state index in [-0.39, 0.29) is 18.0 Å². The summed E-state index contributed by atoms with van der Waals surface area (Å²) in [6.45, 7) is 0.100. The zero-order chi connectivity index (χ0) is 15.5. The fourth-order valence-corrected chi connectivity index (χ4v) is 2.01. The van der Waals surface area contributed by atoms with Crippen molar-refractivity contribution in [3.05, 3.63) is 58.5 Å². The van der Waals surface area contributed by atoms with E-state index in [0.717, 1.165) is 5.52 Å². The van der Waals surface area contributed by atoms with Crippen LogP contribution in [-0.4, -0.2) is 17.0 Å². The molecule has 0 saturated carbocycles. The third kappa shape index (κ3) is 2.69. The predicted molar refractivity (Wildman–Crippen MR) is 78.0 cm³/mol. The number of fused-ring (bicyclic) bond motifs is 1. The summed E-state index contributed by atoms with van der Waals surface area (Å²) in [7, 11) is 1.42. The number of methoxy groups -OCH3 is 1. The third-order valence-electron chi connectivity index (χ3n) is 3.05. The van der Waals surface area contributed by atoms with E-state index in [4.69, 9.17) is 13.9 Å². The maximum atomic E-state index is 10.7. The molecule has 22 heavy (non-hydrogen) atoms. The van der Waals surface area contributed by atoms with Gasteiger partial charge in [0.15, 0.2) is 23.7 Å². The molecule has 3 aromatic rings. The number of aromatic nitrogens is 1. The summed E-state index contributed by atoms with van der Waals surface area (Å²) < 4.78 is 16.2. The van der Waals surface area contributed by atoms with Crippen LogP contribution in [0.3, 0.4) is 0 Å². The van der Waals surface area contributed by atoms with Crippen molar-refractivity contribution in [1.82, 2.24) is 4.98 Å². The van der Waals surface area contributed by atoms with Gasteiger partial charge in [0.05, 0.1) is 18.1 Å². The third-order valence-corrected chi connectivity index (χ3v) is 3.05. The molecule has 0 radical (unpaired) electrons. The van der Waals surface area contributed by atoms with Gasteiger partial charge >= 0.3 is 0 Å². The molecule has 0 spiro atoms. The SMILES string of the molecule is COc1cc([N+](=O)[O-])ccc1OCc1nc2ccccc2o1. The van der Waals surface area contributed by atoms with Crippen LogP contribution in [0.4, 0.5) is 5.69 Å². The Hall–Kier alpha value is -3.09. The summed E-state index contributed by atoms with van der Waals surface area (Å²) in [6.07, 6.45) is 0. The second-order valence-electron chi connectivity index (χ2n) is 4.46. The Morgan fingerprint density at radius 1 is 1.23 bits per heavy atom. The van der Waals surface area contributed by atoms with Gasteiger partial charge in [0.2, 0.25) is 5.89 Å². The van der Waals surface area contributed by atoms with Gasteiger partial charge in [-0.1, -0.05) is 12.1 Å². The first-order valence-electron chi connectivity index (χ1n) is 6.47. The smallest absolute Gasteiger partial charge is 0.273 e. The molecule has 0 saturated heterocycles. The van der Waals surface area contributed by atoms with Crippen molar-refractivity contribution < 1.29 is 18.8 Å². The van der Waals surface area contributed by atoms with Crippen LogP contribution in [-0.2, 0) is 6.61 Å². The average molecular weight is 300 g/mol. The van der Waals surface area contributed by atoms with E-state index in [1.807, 2.05) is 24.3 Å². The molecule has 0 aliphatic carbocycles. The van der Waals surface area contributed by atoms with Crippen molar-refractivity contribution >= 4 is 16.8 Å². The first-order chi connectivity index (χ1) is 10.7. The standard InChI is InChI=1S/C15H12N2O5/c1-20-14-8-10(17(18)19)6-7-13(14)21-9-15-16-11-4-2-3-5-12(11)22-15/h2-8H,9H2,1H3. The summed E-state index contributed by atoms with van der Waals surface area (Å²) in [4.78, 5) is 14.5. The fourth-order valence-electron chi connectivity index (χ4n) is 2.01. The van der Waals surface area contributed by atoms with Crippen molar-refractivity contribution in [2.24, 2.45) is 0 Å². The van der Waals surface area contributed by atoms with E-state index in [0.29, 0.717) is 17.2 Å². The number of hydrogen-bond donors (Lipinski definition) is 0. The van der Waals surface area contributed by atoms with E-state index in [1.165, 1.54) is 25.3 Å². The molecule has 0 atom stereocenters. The summed E-state index contributed by atoms with van der Waals surface area (Å²) >= 11 is 0. The van der Waals surface area contributed by atoms with Crippen LogP contribution >= 0.6 is 0 Å². The molecule has 0 aliphatic rings. The van der Waals surface area contributed by atoms with E-state index in [2.05, 4.69) is 4.98 Å². The molecule has 3 rings (SSSR count). The minimum absolute atomic E-state index is 0.0638. The van der Waals surface area contributed by atoms with Crippen LogP contribution in [0.15, 0.2) is 46.9 Å². The zero-order valence-electron chi connectivity index (χ0n) is 11.7. The first kappa shape index (κ1) is 13.9. The summed E-state index contributed by atoms with van der Waals surface area (Å²) in [5, 5.41) is 10.7. The maximum Gasteiger partial charge on any atom is 0.273 e. The summed E-state index contributed by atoms with van der Waals surface area (Å²) in [6, 6.07) is 11.5. The maximum absolute atomic E-state index is 10.7. The van der Waals surface area contributed by atoms with E-state index < -0.39 is 4.92 Å². The van der Waals surface area contributed by atoms with Gasteiger partial charge in [-0.3, -0.25) is 10.1 Å². The largest absolute Gasteiger partial charge is 0.493 e. The van der Waals surface area contributed by atoms with E-state index in [9.17, 15) is 10.1 Å². The summed E-state index contributed by atoms with van der Waals surface area (Å²) in [5.41, 5.74) is 1.36. The Morgan fingerprint density at radius 2 is 2.05 bits per heavy atom. The Balaban J connectivity index is 1.79. The van der Waals surface area contributed by atoms with E-state index >= 15 is 0 Å². The molecular formula is C15H12N2O5. The number of oxazole rings is 1. The van der Waals surface area contributed by atoms with Crippen molar-refractivity contribution in [2.45, 2.75) is 6.61 Å². The first-order valence-corrected chi connectivity index (χ1v) is 6.47. The van der Waals surface area contributed by atoms with Gasteiger partial charge in [0.25, 0.3) is 5.69 Å². The number of nitrogens with zero attached hydrogens (tertiary/aromatic N) is 2. The molecule has 0 fully saturated rings. The highest BCUT2D eigenvalue weighted by Crippen LogP contribution is 2.31. The molecule has 0 N–H and O–H groups in total. The van der Waals surface area contributed by atoms with E-state index in [1.54, 1.807) is 0 Å². The van der Waals surface area contributed by atoms with Crippen molar-refractivity contribution in [2.75, 3.05) is 7.11 Å². The lowest BCUT2D eigenvalue weighted by Crippen LogP contribution is -1.98. The van der Waals surface area contributed by atoms with Crippen molar-refractivity contribution in [3.8, 4) is 11.5 Å². The highest BCUT2D eigenvalue weighted by Gasteiger charge is 2.13. The molecule has 7 heteroatoms. The molecule has 0 aliphatic heterocycles. The van der Waals surface area contributed by atoms with Gasteiger partial charge in [0.1, 0.15) is 5.52 Å². The topological polar surface area (TPSA) is 87.6 Å². The molecule has 0 amide bonds. The normalized spacial score (nSPS) is 10.6. The van der Waals surface area contributed by atoms with Crippen LogP contribution in [0.1, 0.15) is 5.89 Å². The zero-order valence-corrected chi connectivity index (χ0v) is 11.7. The minimum Gasteiger partial charge on any atom is -0.493 e. The monoisotopic (exact) mass is 300 g/mol. The molecule has 7 nitrogen and oxygen atoms in total. The van der Waals surface area contributed by atoms with Gasteiger partial charge < -0.3 is 13.9 Å². The van der Waals surface area contributed by atoms with Crippen LogP contribution in [0, 0.1) is 10.1 Å². The number of ether oxygens (including phenoxy) is 2. The number of nitro benzene ring substituents is 1. The molecule has 1 heterocycles. The second kappa shape index (κ2) is 5.72. The van der Waals surface area contributed by atoms with Gasteiger partial charge in [-0.15, -0.1) is 0 Å². The van der Waals surface area contributed by atoms with Crippen LogP contribution in [0.5, 0.6) is 11.5 Å². The number of nitro groups is 1. The average Bonchev–Trinajstić information content (AvgIpc) is 2.95. The Kier molecular flexibility index (Phi) is 3.61. The molecule has 1 aromatic heterocycles. The van der Waals surface area contributed by atoms with Gasteiger partial charge in [-0.05, 0) is 18.2 Å². The number of para-hydroxylation sites is 2. The minimum atomic E-state index is -0.493. The van der Waals surface area contributed by atoms with Crippen molar-refractivity contribution in [3.63, 3.8) is 0 Å².